The number of benzene rings is 1. The van der Waals surface area contributed by atoms with Gasteiger partial charge in [0, 0.05) is 0 Å². The van der Waals surface area contributed by atoms with E-state index in [0.29, 0.717) is 5.75 Å². The van der Waals surface area contributed by atoms with Gasteiger partial charge in [0.25, 0.3) is 0 Å². The molecule has 1 unspecified atom stereocenters. The van der Waals surface area contributed by atoms with Crippen molar-refractivity contribution in [1.29, 1.82) is 0 Å². The maximum atomic E-state index is 11.5. The van der Waals surface area contributed by atoms with Gasteiger partial charge in [0.1, 0.15) is 5.75 Å². The Labute approximate surface area is 110 Å². The maximum absolute atomic E-state index is 11.5. The van der Waals surface area contributed by atoms with E-state index < -0.39 is 25.3 Å². The minimum Gasteiger partial charge on any atom is -0.497 e. The molecule has 0 saturated carbocycles. The molecule has 106 valence electrons. The van der Waals surface area contributed by atoms with Crippen LogP contribution in [-0.2, 0) is 9.36 Å². The van der Waals surface area contributed by atoms with Crippen molar-refractivity contribution in [1.82, 2.24) is 5.32 Å². The summed E-state index contributed by atoms with van der Waals surface area (Å²) < 4.78 is 16.4. The molecule has 7 nitrogen and oxygen atoms in total. The van der Waals surface area contributed by atoms with Gasteiger partial charge in [-0.25, -0.2) is 0 Å². The molecule has 1 rings (SSSR count). The number of nitrogens with two attached hydrogens (primary N) is 1. The fourth-order valence-electron chi connectivity index (χ4n) is 1.41. The lowest BCUT2D eigenvalue weighted by atomic mass is 10.2. The molecule has 0 fully saturated rings. The first-order valence-electron chi connectivity index (χ1n) is 5.51. The Morgan fingerprint density at radius 1 is 1.37 bits per heavy atom. The maximum Gasteiger partial charge on any atom is 0.352 e. The van der Waals surface area contributed by atoms with Crippen LogP contribution in [0.25, 0.3) is 0 Å². The van der Waals surface area contributed by atoms with Crippen molar-refractivity contribution in [3.63, 3.8) is 0 Å². The van der Waals surface area contributed by atoms with E-state index in [1.165, 1.54) is 26.2 Å². The number of amides is 1. The molecule has 0 spiro atoms. The van der Waals surface area contributed by atoms with Gasteiger partial charge in [-0.2, -0.15) is 0 Å². The van der Waals surface area contributed by atoms with E-state index in [2.05, 4.69) is 5.32 Å². The summed E-state index contributed by atoms with van der Waals surface area (Å²) in [6, 6.07) is 5.20. The predicted molar refractivity (Wildman–Crippen MR) is 69.6 cm³/mol. The van der Waals surface area contributed by atoms with Crippen LogP contribution in [0.3, 0.4) is 0 Å². The standard InChI is InChI=1S/C11H17N2O5P/c1-7(12)10(14)13-11(19(15,16)17)8-3-5-9(18-2)6-4-8/h3-7,11H,12H2,1-2H3,(H,13,14)(H2,15,16,17)/t7-,11?/m0/s1. The molecule has 0 aliphatic carbocycles. The van der Waals surface area contributed by atoms with Crippen LogP contribution < -0.4 is 15.8 Å². The first-order chi connectivity index (χ1) is 8.75. The van der Waals surface area contributed by atoms with E-state index in [9.17, 15) is 19.1 Å². The molecule has 5 N–H and O–H groups in total. The van der Waals surface area contributed by atoms with Gasteiger partial charge in [0.05, 0.1) is 13.2 Å². The van der Waals surface area contributed by atoms with E-state index in [4.69, 9.17) is 10.5 Å². The lowest BCUT2D eigenvalue weighted by molar-refractivity contribution is -0.122. The molecule has 0 saturated heterocycles. The van der Waals surface area contributed by atoms with Crippen LogP contribution in [0.4, 0.5) is 0 Å². The number of carbonyl (C=O) groups excluding carboxylic acids is 1. The average molecular weight is 288 g/mol. The van der Waals surface area contributed by atoms with Crippen molar-refractivity contribution in [3.8, 4) is 5.75 Å². The molecule has 0 aromatic heterocycles. The molecule has 2 atom stereocenters. The number of methoxy groups -OCH3 is 1. The Hall–Kier alpha value is -1.40. The molecule has 1 aromatic rings. The summed E-state index contributed by atoms with van der Waals surface area (Å²) in [7, 11) is -3.06. The summed E-state index contributed by atoms with van der Waals surface area (Å²) >= 11 is 0. The quantitative estimate of drug-likeness (QED) is 0.579. The summed E-state index contributed by atoms with van der Waals surface area (Å²) in [6.45, 7) is 1.43. The molecular weight excluding hydrogens is 271 g/mol. The molecule has 0 aliphatic rings. The van der Waals surface area contributed by atoms with Crippen LogP contribution in [0.2, 0.25) is 0 Å². The largest absolute Gasteiger partial charge is 0.497 e. The van der Waals surface area contributed by atoms with Gasteiger partial charge in [0.15, 0.2) is 5.78 Å². The molecule has 0 radical (unpaired) electrons. The van der Waals surface area contributed by atoms with Gasteiger partial charge in [-0.3, -0.25) is 9.36 Å². The summed E-state index contributed by atoms with van der Waals surface area (Å²) in [6.07, 6.45) is 0. The van der Waals surface area contributed by atoms with Gasteiger partial charge in [-0.05, 0) is 24.6 Å². The zero-order valence-corrected chi connectivity index (χ0v) is 11.5. The molecule has 0 aliphatic heterocycles. The monoisotopic (exact) mass is 288 g/mol. The van der Waals surface area contributed by atoms with Gasteiger partial charge in [0.2, 0.25) is 5.91 Å². The van der Waals surface area contributed by atoms with E-state index in [1.807, 2.05) is 0 Å². The highest BCUT2D eigenvalue weighted by molar-refractivity contribution is 7.52. The molecule has 1 amide bonds. The topological polar surface area (TPSA) is 122 Å². The minimum absolute atomic E-state index is 0.281. The predicted octanol–water partition coefficient (Wildman–Crippen LogP) is 0.335. The fourth-order valence-corrected chi connectivity index (χ4v) is 2.27. The number of nitrogens with one attached hydrogen (secondary N) is 1. The lowest BCUT2D eigenvalue weighted by Crippen LogP contribution is -2.40. The molecule has 8 heteroatoms. The second-order valence-electron chi connectivity index (χ2n) is 4.06. The third kappa shape index (κ3) is 4.33. The number of ether oxygens (including phenoxy) is 1. The van der Waals surface area contributed by atoms with E-state index in [-0.39, 0.29) is 5.56 Å². The van der Waals surface area contributed by atoms with E-state index in [1.54, 1.807) is 12.1 Å². The molecule has 1 aromatic carbocycles. The zero-order chi connectivity index (χ0) is 14.6. The smallest absolute Gasteiger partial charge is 0.352 e. The van der Waals surface area contributed by atoms with Crippen molar-refractivity contribution in [3.05, 3.63) is 29.8 Å². The highest BCUT2D eigenvalue weighted by Gasteiger charge is 2.32. The van der Waals surface area contributed by atoms with Gasteiger partial charge in [-0.15, -0.1) is 0 Å². The molecule has 0 heterocycles. The summed E-state index contributed by atoms with van der Waals surface area (Å²) in [5, 5.41) is 2.24. The van der Waals surface area contributed by atoms with Crippen LogP contribution in [0, 0.1) is 0 Å². The van der Waals surface area contributed by atoms with Crippen molar-refractivity contribution >= 4 is 13.5 Å². The van der Waals surface area contributed by atoms with Crippen molar-refractivity contribution in [2.45, 2.75) is 18.7 Å². The zero-order valence-electron chi connectivity index (χ0n) is 10.6. The van der Waals surface area contributed by atoms with Crippen molar-refractivity contribution in [2.75, 3.05) is 7.11 Å². The second-order valence-corrected chi connectivity index (χ2v) is 5.76. The lowest BCUT2D eigenvalue weighted by Gasteiger charge is -2.21. The van der Waals surface area contributed by atoms with Crippen LogP contribution >= 0.6 is 7.60 Å². The number of carbonyl (C=O) groups is 1. The fraction of sp³-hybridized carbons (Fsp3) is 0.364. The first kappa shape index (κ1) is 15.7. The third-order valence-electron chi connectivity index (χ3n) is 2.46. The van der Waals surface area contributed by atoms with Gasteiger partial charge in [-0.1, -0.05) is 12.1 Å². The molecule has 19 heavy (non-hydrogen) atoms. The van der Waals surface area contributed by atoms with Crippen LogP contribution in [-0.4, -0.2) is 28.8 Å². The van der Waals surface area contributed by atoms with Crippen LogP contribution in [0.5, 0.6) is 5.75 Å². The van der Waals surface area contributed by atoms with Gasteiger partial charge < -0.3 is 25.6 Å². The van der Waals surface area contributed by atoms with E-state index >= 15 is 0 Å². The third-order valence-corrected chi connectivity index (χ3v) is 3.56. The number of hydrogen-bond acceptors (Lipinski definition) is 4. The molecular formula is C11H17N2O5P. The number of hydrogen-bond donors (Lipinski definition) is 4. The Morgan fingerprint density at radius 2 is 1.89 bits per heavy atom. The minimum atomic E-state index is -4.54. The highest BCUT2D eigenvalue weighted by atomic mass is 31.2. The van der Waals surface area contributed by atoms with E-state index in [0.717, 1.165) is 0 Å². The summed E-state index contributed by atoms with van der Waals surface area (Å²) in [4.78, 5) is 30.1. The Kier molecular flexibility index (Phi) is 5.08. The normalized spacial score (nSPS) is 14.6. The Morgan fingerprint density at radius 3 is 2.26 bits per heavy atom. The van der Waals surface area contributed by atoms with Crippen LogP contribution in [0.15, 0.2) is 24.3 Å². The van der Waals surface area contributed by atoms with Crippen LogP contribution in [0.1, 0.15) is 18.3 Å². The average Bonchev–Trinajstić information content (AvgIpc) is 2.34. The summed E-state index contributed by atoms with van der Waals surface area (Å²) in [5.74, 6) is -1.51. The number of rotatable bonds is 5. The second kappa shape index (κ2) is 6.16. The molecule has 0 bridgehead atoms. The van der Waals surface area contributed by atoms with Crippen molar-refractivity contribution in [2.24, 2.45) is 5.73 Å². The van der Waals surface area contributed by atoms with Gasteiger partial charge >= 0.3 is 7.60 Å². The SMILES string of the molecule is COc1ccc(C(NC(=O)[C@H](C)N)P(=O)(O)O)cc1. The summed E-state index contributed by atoms with van der Waals surface area (Å²) in [5.41, 5.74) is 5.65. The highest BCUT2D eigenvalue weighted by Crippen LogP contribution is 2.50. The first-order valence-corrected chi connectivity index (χ1v) is 7.19. The Bertz CT molecular complexity index is 482. The Balaban J connectivity index is 3.03. The van der Waals surface area contributed by atoms with Crippen molar-refractivity contribution < 1.29 is 23.9 Å².